The number of thiophene rings is 1. The number of aromatic nitrogens is 1. The third kappa shape index (κ3) is 4.27. The van der Waals surface area contributed by atoms with E-state index in [0.717, 1.165) is 48.6 Å². The summed E-state index contributed by atoms with van der Waals surface area (Å²) in [6.07, 6.45) is 0. The van der Waals surface area contributed by atoms with Crippen molar-refractivity contribution in [2.24, 2.45) is 0 Å². The summed E-state index contributed by atoms with van der Waals surface area (Å²) in [5.74, 6) is -0.357. The second-order valence-electron chi connectivity index (χ2n) is 7.06. The highest BCUT2D eigenvalue weighted by Crippen LogP contribution is 2.29. The van der Waals surface area contributed by atoms with E-state index in [1.165, 1.54) is 17.0 Å². The predicted molar refractivity (Wildman–Crippen MR) is 110 cm³/mol. The first-order valence-corrected chi connectivity index (χ1v) is 10.3. The summed E-state index contributed by atoms with van der Waals surface area (Å²) in [7, 11) is 0. The second-order valence-corrected chi connectivity index (χ2v) is 8.35. The highest BCUT2D eigenvalue weighted by atomic mass is 32.1. The highest BCUT2D eigenvalue weighted by molar-refractivity contribution is 7.19. The molecule has 5 nitrogen and oxygen atoms in total. The predicted octanol–water partition coefficient (Wildman–Crippen LogP) is 3.26. The van der Waals surface area contributed by atoms with Crippen LogP contribution in [0.15, 0.2) is 36.4 Å². The third-order valence-corrected chi connectivity index (χ3v) is 5.98. The number of carbonyl (C=O) groups excluding carboxylic acids is 1. The van der Waals surface area contributed by atoms with E-state index >= 15 is 0 Å². The van der Waals surface area contributed by atoms with Crippen molar-refractivity contribution >= 4 is 27.5 Å². The Labute approximate surface area is 167 Å². The van der Waals surface area contributed by atoms with Crippen LogP contribution in [0.5, 0.6) is 0 Å². The van der Waals surface area contributed by atoms with Gasteiger partial charge in [-0.25, -0.2) is 4.39 Å². The Hall–Kier alpha value is -2.22. The van der Waals surface area contributed by atoms with Crippen molar-refractivity contribution in [2.45, 2.75) is 13.5 Å². The van der Waals surface area contributed by atoms with Gasteiger partial charge in [-0.3, -0.25) is 9.69 Å². The SMILES string of the molecule is Cc1cc2c(cc(C(=O)NCCN3CCOCC3)n2Cc2cccc(F)c2)s1. The number of carbonyl (C=O) groups is 1. The van der Waals surface area contributed by atoms with Gasteiger partial charge >= 0.3 is 0 Å². The van der Waals surface area contributed by atoms with Gasteiger partial charge in [-0.2, -0.15) is 0 Å². The van der Waals surface area contributed by atoms with Gasteiger partial charge in [0.05, 0.1) is 23.4 Å². The van der Waals surface area contributed by atoms with Crippen molar-refractivity contribution in [1.29, 1.82) is 0 Å². The molecule has 28 heavy (non-hydrogen) atoms. The minimum Gasteiger partial charge on any atom is -0.379 e. The summed E-state index contributed by atoms with van der Waals surface area (Å²) in [5, 5.41) is 3.04. The smallest absolute Gasteiger partial charge is 0.268 e. The molecule has 4 rings (SSSR count). The van der Waals surface area contributed by atoms with Crippen molar-refractivity contribution in [3.63, 3.8) is 0 Å². The number of ether oxygens (including phenoxy) is 1. The van der Waals surface area contributed by atoms with Crippen LogP contribution in [0.25, 0.3) is 10.2 Å². The Morgan fingerprint density at radius 2 is 2.07 bits per heavy atom. The Morgan fingerprint density at radius 3 is 2.86 bits per heavy atom. The molecule has 3 aromatic rings. The normalized spacial score (nSPS) is 15.2. The van der Waals surface area contributed by atoms with Gasteiger partial charge < -0.3 is 14.6 Å². The largest absolute Gasteiger partial charge is 0.379 e. The highest BCUT2D eigenvalue weighted by Gasteiger charge is 2.18. The molecule has 0 aliphatic carbocycles. The number of nitrogens with zero attached hydrogens (tertiary/aromatic N) is 2. The minimum absolute atomic E-state index is 0.0919. The van der Waals surface area contributed by atoms with Gasteiger partial charge in [-0.15, -0.1) is 11.3 Å². The zero-order valence-corrected chi connectivity index (χ0v) is 16.7. The van der Waals surface area contributed by atoms with Crippen molar-refractivity contribution in [3.8, 4) is 0 Å². The van der Waals surface area contributed by atoms with Crippen molar-refractivity contribution in [2.75, 3.05) is 39.4 Å². The fourth-order valence-electron chi connectivity index (χ4n) is 3.58. The topological polar surface area (TPSA) is 46.5 Å². The molecule has 1 fully saturated rings. The lowest BCUT2D eigenvalue weighted by atomic mass is 10.2. The van der Waals surface area contributed by atoms with Gasteiger partial charge in [0.1, 0.15) is 11.5 Å². The summed E-state index contributed by atoms with van der Waals surface area (Å²) in [5.41, 5.74) is 2.47. The summed E-state index contributed by atoms with van der Waals surface area (Å²) in [6.45, 7) is 7.23. The number of nitrogens with one attached hydrogen (secondary N) is 1. The Kier molecular flexibility index (Phi) is 5.75. The molecule has 3 heterocycles. The lowest BCUT2D eigenvalue weighted by molar-refractivity contribution is 0.0383. The fraction of sp³-hybridized carbons (Fsp3) is 0.381. The number of hydrogen-bond donors (Lipinski definition) is 1. The maximum absolute atomic E-state index is 13.6. The Morgan fingerprint density at radius 1 is 1.25 bits per heavy atom. The van der Waals surface area contributed by atoms with Crippen LogP contribution in [0.3, 0.4) is 0 Å². The summed E-state index contributed by atoms with van der Waals surface area (Å²) >= 11 is 1.67. The molecule has 7 heteroatoms. The molecular weight excluding hydrogens is 377 g/mol. The lowest BCUT2D eigenvalue weighted by Gasteiger charge is -2.26. The number of rotatable bonds is 6. The number of hydrogen-bond acceptors (Lipinski definition) is 4. The van der Waals surface area contributed by atoms with Crippen LogP contribution in [0.1, 0.15) is 20.9 Å². The minimum atomic E-state index is -0.265. The van der Waals surface area contributed by atoms with E-state index in [-0.39, 0.29) is 11.7 Å². The van der Waals surface area contributed by atoms with Crippen LogP contribution >= 0.6 is 11.3 Å². The molecule has 1 aromatic carbocycles. The quantitative estimate of drug-likeness (QED) is 0.690. The van der Waals surface area contributed by atoms with E-state index in [1.54, 1.807) is 17.4 Å². The van der Waals surface area contributed by atoms with Crippen LogP contribution in [0.2, 0.25) is 0 Å². The molecule has 0 atom stereocenters. The maximum Gasteiger partial charge on any atom is 0.268 e. The average molecular weight is 402 g/mol. The number of morpholine rings is 1. The maximum atomic E-state index is 13.6. The number of amides is 1. The van der Waals surface area contributed by atoms with E-state index in [2.05, 4.69) is 23.2 Å². The monoisotopic (exact) mass is 401 g/mol. The fourth-order valence-corrected chi connectivity index (χ4v) is 4.55. The van der Waals surface area contributed by atoms with E-state index in [4.69, 9.17) is 4.74 Å². The molecule has 2 aromatic heterocycles. The van der Waals surface area contributed by atoms with Crippen LogP contribution < -0.4 is 5.32 Å². The molecule has 1 N–H and O–H groups in total. The summed E-state index contributed by atoms with van der Waals surface area (Å²) < 4.78 is 22.0. The van der Waals surface area contributed by atoms with Gasteiger partial charge in [-0.05, 0) is 36.8 Å². The van der Waals surface area contributed by atoms with Crippen LogP contribution in [0, 0.1) is 12.7 Å². The van der Waals surface area contributed by atoms with Gasteiger partial charge in [0.2, 0.25) is 0 Å². The molecular formula is C21H24FN3O2S. The molecule has 0 unspecified atom stereocenters. The van der Waals surface area contributed by atoms with E-state index in [0.29, 0.717) is 18.8 Å². The van der Waals surface area contributed by atoms with Crippen molar-refractivity contribution in [3.05, 3.63) is 58.3 Å². The molecule has 1 aliphatic heterocycles. The number of halogens is 1. The van der Waals surface area contributed by atoms with Gasteiger partial charge in [0.25, 0.3) is 5.91 Å². The molecule has 0 saturated carbocycles. The zero-order chi connectivity index (χ0) is 19.5. The molecule has 0 spiro atoms. The van der Waals surface area contributed by atoms with E-state index in [1.807, 2.05) is 16.7 Å². The standard InChI is InChI=1S/C21H24FN3O2S/c1-15-11-18-20(28-15)13-19(25(18)14-16-3-2-4-17(22)12-16)21(26)23-5-6-24-7-9-27-10-8-24/h2-4,11-13H,5-10,14H2,1H3,(H,23,26). The second kappa shape index (κ2) is 8.43. The first kappa shape index (κ1) is 19.1. The summed E-state index contributed by atoms with van der Waals surface area (Å²) in [6, 6.07) is 10.6. The van der Waals surface area contributed by atoms with Gasteiger partial charge in [-0.1, -0.05) is 12.1 Å². The van der Waals surface area contributed by atoms with Gasteiger partial charge in [0.15, 0.2) is 0 Å². The first-order chi connectivity index (χ1) is 13.6. The first-order valence-electron chi connectivity index (χ1n) is 9.52. The van der Waals surface area contributed by atoms with Gasteiger partial charge in [0, 0.05) is 37.6 Å². The molecule has 1 amide bonds. The zero-order valence-electron chi connectivity index (χ0n) is 15.9. The molecule has 148 valence electrons. The molecule has 1 saturated heterocycles. The van der Waals surface area contributed by atoms with Crippen LogP contribution in [-0.4, -0.2) is 54.8 Å². The summed E-state index contributed by atoms with van der Waals surface area (Å²) in [4.78, 5) is 16.4. The Bertz CT molecular complexity index is 975. The van der Waals surface area contributed by atoms with E-state index in [9.17, 15) is 9.18 Å². The van der Waals surface area contributed by atoms with Crippen LogP contribution in [-0.2, 0) is 11.3 Å². The third-order valence-electron chi connectivity index (χ3n) is 4.99. The number of aryl methyl sites for hydroxylation is 1. The van der Waals surface area contributed by atoms with Crippen molar-refractivity contribution < 1.29 is 13.9 Å². The average Bonchev–Trinajstić information content (AvgIpc) is 3.20. The van der Waals surface area contributed by atoms with E-state index < -0.39 is 0 Å². The number of benzene rings is 1. The molecule has 0 radical (unpaired) electrons. The molecule has 0 bridgehead atoms. The van der Waals surface area contributed by atoms with Crippen LogP contribution in [0.4, 0.5) is 4.39 Å². The Balaban J connectivity index is 1.52. The number of fused-ring (bicyclic) bond motifs is 1. The molecule has 1 aliphatic rings. The lowest BCUT2D eigenvalue weighted by Crippen LogP contribution is -2.41. The van der Waals surface area contributed by atoms with Crippen molar-refractivity contribution in [1.82, 2.24) is 14.8 Å².